The summed E-state index contributed by atoms with van der Waals surface area (Å²) in [4.78, 5) is 20.0. The van der Waals surface area contributed by atoms with E-state index in [1.807, 2.05) is 4.90 Å². The summed E-state index contributed by atoms with van der Waals surface area (Å²) in [6, 6.07) is 10.6. The second kappa shape index (κ2) is 12.0. The zero-order valence-electron chi connectivity index (χ0n) is 17.4. The maximum Gasteiger partial charge on any atom is 0.219 e. The van der Waals surface area contributed by atoms with Crippen LogP contribution in [0.25, 0.3) is 10.9 Å². The number of guanidine groups is 1. The second-order valence-electron chi connectivity index (χ2n) is 7.19. The highest BCUT2D eigenvalue weighted by molar-refractivity contribution is 14.0. The molecular formula is C21H33IN6O. The fourth-order valence-electron chi connectivity index (χ4n) is 3.63. The van der Waals surface area contributed by atoms with Gasteiger partial charge in [-0.25, -0.2) is 0 Å². The van der Waals surface area contributed by atoms with Gasteiger partial charge in [0.05, 0.1) is 0 Å². The van der Waals surface area contributed by atoms with Crippen molar-refractivity contribution in [2.24, 2.45) is 4.99 Å². The van der Waals surface area contributed by atoms with E-state index in [4.69, 9.17) is 0 Å². The minimum Gasteiger partial charge on any atom is -0.356 e. The summed E-state index contributed by atoms with van der Waals surface area (Å²) in [7, 11) is 1.81. The van der Waals surface area contributed by atoms with Crippen LogP contribution in [0.5, 0.6) is 0 Å². The molecule has 0 saturated carbocycles. The van der Waals surface area contributed by atoms with Gasteiger partial charge in [0.1, 0.15) is 0 Å². The number of carbonyl (C=O) groups is 1. The predicted molar refractivity (Wildman–Crippen MR) is 130 cm³/mol. The summed E-state index contributed by atoms with van der Waals surface area (Å²) in [6.45, 7) is 8.86. The molecule has 8 heteroatoms. The van der Waals surface area contributed by atoms with Crippen molar-refractivity contribution >= 4 is 46.7 Å². The van der Waals surface area contributed by atoms with Crippen molar-refractivity contribution in [2.75, 3.05) is 52.9 Å². The van der Waals surface area contributed by atoms with Crippen molar-refractivity contribution in [2.45, 2.75) is 19.9 Å². The van der Waals surface area contributed by atoms with Crippen LogP contribution in [0.15, 0.2) is 41.5 Å². The van der Waals surface area contributed by atoms with E-state index in [9.17, 15) is 4.79 Å². The molecule has 0 atom stereocenters. The second-order valence-corrected chi connectivity index (χ2v) is 7.19. The predicted octanol–water partition coefficient (Wildman–Crippen LogP) is 1.98. The van der Waals surface area contributed by atoms with Crippen molar-refractivity contribution < 1.29 is 4.79 Å². The topological polar surface area (TPSA) is 64.9 Å². The van der Waals surface area contributed by atoms with E-state index >= 15 is 0 Å². The SMILES string of the molecule is CN=C(NCCCn1ccc2ccccc21)NCCN1CCN(C(C)=O)CC1.I. The first-order chi connectivity index (χ1) is 13.7. The molecule has 1 aromatic carbocycles. The highest BCUT2D eigenvalue weighted by Crippen LogP contribution is 2.15. The first-order valence-electron chi connectivity index (χ1n) is 10.1. The molecule has 7 nitrogen and oxygen atoms in total. The Bertz CT molecular complexity index is 797. The van der Waals surface area contributed by atoms with Crippen LogP contribution in [0.4, 0.5) is 0 Å². The largest absolute Gasteiger partial charge is 0.356 e. The number of aromatic nitrogens is 1. The van der Waals surface area contributed by atoms with Crippen LogP contribution in [0, 0.1) is 0 Å². The zero-order valence-corrected chi connectivity index (χ0v) is 19.8. The summed E-state index contributed by atoms with van der Waals surface area (Å²) in [5.41, 5.74) is 1.29. The minimum absolute atomic E-state index is 0. The zero-order chi connectivity index (χ0) is 19.8. The molecule has 0 spiro atoms. The molecule has 2 heterocycles. The number of aliphatic imine (C=N–C) groups is 1. The lowest BCUT2D eigenvalue weighted by molar-refractivity contribution is -0.130. The molecule has 1 fully saturated rings. The molecule has 1 aromatic heterocycles. The van der Waals surface area contributed by atoms with Crippen molar-refractivity contribution in [1.29, 1.82) is 0 Å². The van der Waals surface area contributed by atoms with Crippen LogP contribution in [-0.4, -0.2) is 79.1 Å². The monoisotopic (exact) mass is 512 g/mol. The summed E-state index contributed by atoms with van der Waals surface area (Å²) in [6.07, 6.45) is 3.19. The van der Waals surface area contributed by atoms with Gasteiger partial charge in [0.25, 0.3) is 0 Å². The highest BCUT2D eigenvalue weighted by Gasteiger charge is 2.17. The van der Waals surface area contributed by atoms with Crippen molar-refractivity contribution in [3.05, 3.63) is 36.5 Å². The fraction of sp³-hybridized carbons (Fsp3) is 0.524. The third-order valence-electron chi connectivity index (χ3n) is 5.31. The number of rotatable bonds is 7. The van der Waals surface area contributed by atoms with Gasteiger partial charge in [-0.05, 0) is 23.9 Å². The number of halogens is 1. The van der Waals surface area contributed by atoms with Crippen LogP contribution < -0.4 is 10.6 Å². The third-order valence-corrected chi connectivity index (χ3v) is 5.31. The van der Waals surface area contributed by atoms with Crippen LogP contribution in [0.1, 0.15) is 13.3 Å². The van der Waals surface area contributed by atoms with Crippen LogP contribution in [0.2, 0.25) is 0 Å². The minimum atomic E-state index is 0. The van der Waals surface area contributed by atoms with Gasteiger partial charge in [0.2, 0.25) is 5.91 Å². The molecule has 0 unspecified atom stereocenters. The molecule has 3 rings (SSSR count). The lowest BCUT2D eigenvalue weighted by Gasteiger charge is -2.34. The molecule has 2 aromatic rings. The molecule has 1 aliphatic rings. The standard InChI is InChI=1S/C21H32N6O.HI/c1-18(28)26-16-14-25(15-17-26)13-10-24-21(22-2)23-9-5-11-27-12-8-19-6-3-4-7-20(19)27;/h3-4,6-8,12H,5,9-11,13-17H2,1-2H3,(H2,22,23,24);1H. The van der Waals surface area contributed by atoms with E-state index in [1.165, 1.54) is 10.9 Å². The first-order valence-corrected chi connectivity index (χ1v) is 10.1. The maximum absolute atomic E-state index is 11.4. The molecule has 1 aliphatic heterocycles. The molecule has 2 N–H and O–H groups in total. The molecule has 0 radical (unpaired) electrons. The number of hydrogen-bond donors (Lipinski definition) is 2. The molecule has 1 amide bonds. The Labute approximate surface area is 190 Å². The molecule has 0 bridgehead atoms. The summed E-state index contributed by atoms with van der Waals surface area (Å²) in [5, 5.41) is 8.07. The molecule has 160 valence electrons. The van der Waals surface area contributed by atoms with Gasteiger partial charge in [0, 0.05) is 78.0 Å². The van der Waals surface area contributed by atoms with E-state index in [1.54, 1.807) is 14.0 Å². The average molecular weight is 512 g/mol. The Morgan fingerprint density at radius 1 is 1.03 bits per heavy atom. The number of piperazine rings is 1. The number of amides is 1. The Hall–Kier alpha value is -1.81. The third kappa shape index (κ3) is 6.88. The van der Waals surface area contributed by atoms with Crippen LogP contribution in [-0.2, 0) is 11.3 Å². The molecule has 29 heavy (non-hydrogen) atoms. The van der Waals surface area contributed by atoms with E-state index in [2.05, 4.69) is 61.6 Å². The Balaban J connectivity index is 0.00000300. The number of aryl methyl sites for hydroxylation is 1. The normalized spacial score (nSPS) is 15.2. The Morgan fingerprint density at radius 2 is 1.76 bits per heavy atom. The van der Waals surface area contributed by atoms with Gasteiger partial charge in [-0.2, -0.15) is 0 Å². The quantitative estimate of drug-likeness (QED) is 0.258. The Kier molecular flexibility index (Phi) is 9.72. The van der Waals surface area contributed by atoms with Gasteiger partial charge >= 0.3 is 0 Å². The fourth-order valence-corrected chi connectivity index (χ4v) is 3.63. The number of hydrogen-bond acceptors (Lipinski definition) is 3. The van der Waals surface area contributed by atoms with Crippen LogP contribution >= 0.6 is 24.0 Å². The number of nitrogens with zero attached hydrogens (tertiary/aromatic N) is 4. The lowest BCUT2D eigenvalue weighted by atomic mass is 10.2. The Morgan fingerprint density at radius 3 is 2.48 bits per heavy atom. The lowest BCUT2D eigenvalue weighted by Crippen LogP contribution is -2.50. The number of fused-ring (bicyclic) bond motifs is 1. The van der Waals surface area contributed by atoms with Gasteiger partial charge in [0.15, 0.2) is 5.96 Å². The molecule has 1 saturated heterocycles. The number of nitrogens with one attached hydrogen (secondary N) is 2. The van der Waals surface area contributed by atoms with Crippen molar-refractivity contribution in [3.8, 4) is 0 Å². The maximum atomic E-state index is 11.4. The van der Waals surface area contributed by atoms with Gasteiger partial charge in [-0.1, -0.05) is 18.2 Å². The molecule has 0 aliphatic carbocycles. The van der Waals surface area contributed by atoms with Gasteiger partial charge < -0.3 is 20.1 Å². The van der Waals surface area contributed by atoms with E-state index in [0.717, 1.165) is 64.7 Å². The first kappa shape index (κ1) is 23.5. The average Bonchev–Trinajstić information content (AvgIpc) is 3.13. The van der Waals surface area contributed by atoms with Crippen LogP contribution in [0.3, 0.4) is 0 Å². The van der Waals surface area contributed by atoms with Gasteiger partial charge in [-0.3, -0.25) is 14.7 Å². The van der Waals surface area contributed by atoms with E-state index in [-0.39, 0.29) is 29.9 Å². The van der Waals surface area contributed by atoms with Gasteiger partial charge in [-0.15, -0.1) is 24.0 Å². The van der Waals surface area contributed by atoms with Crippen molar-refractivity contribution in [1.82, 2.24) is 25.0 Å². The number of carbonyl (C=O) groups excluding carboxylic acids is 1. The number of para-hydroxylation sites is 1. The molecular weight excluding hydrogens is 479 g/mol. The summed E-state index contributed by atoms with van der Waals surface area (Å²) < 4.78 is 2.30. The highest BCUT2D eigenvalue weighted by atomic mass is 127. The smallest absolute Gasteiger partial charge is 0.219 e. The van der Waals surface area contributed by atoms with E-state index < -0.39 is 0 Å². The summed E-state index contributed by atoms with van der Waals surface area (Å²) >= 11 is 0. The number of benzene rings is 1. The van der Waals surface area contributed by atoms with Crippen molar-refractivity contribution in [3.63, 3.8) is 0 Å². The summed E-state index contributed by atoms with van der Waals surface area (Å²) in [5.74, 6) is 1.02. The van der Waals surface area contributed by atoms with E-state index in [0.29, 0.717) is 0 Å².